The molecule has 1 aromatic heterocycles. The maximum absolute atomic E-state index is 12.4. The molecule has 2 aromatic rings. The summed E-state index contributed by atoms with van der Waals surface area (Å²) in [6.45, 7) is 2.80. The normalized spacial score (nSPS) is 18.8. The quantitative estimate of drug-likeness (QED) is 0.900. The van der Waals surface area contributed by atoms with Gasteiger partial charge in [0.25, 0.3) is 0 Å². The molecule has 2 aliphatic rings. The molecule has 1 saturated heterocycles. The second-order valence-corrected chi connectivity index (χ2v) is 6.82. The molecule has 0 radical (unpaired) electrons. The summed E-state index contributed by atoms with van der Waals surface area (Å²) < 4.78 is 6.13. The maximum atomic E-state index is 12.4. The fourth-order valence-corrected chi connectivity index (χ4v) is 3.86. The average Bonchev–Trinajstić information content (AvgIpc) is 3.14. The van der Waals surface area contributed by atoms with Crippen LogP contribution in [0.2, 0.25) is 0 Å². The number of hydrogen-bond donors (Lipinski definition) is 2. The van der Waals surface area contributed by atoms with E-state index in [0.717, 1.165) is 38.0 Å². The number of carbonyl (C=O) groups is 1. The predicted molar refractivity (Wildman–Crippen MR) is 94.3 cm³/mol. The summed E-state index contributed by atoms with van der Waals surface area (Å²) >= 11 is 0. The SMILES string of the molecule is O=C(NCCc1ccccc1)N1CCC2(CC1)OCCc1cn[nH]c12. The molecule has 1 aromatic carbocycles. The van der Waals surface area contributed by atoms with Crippen LogP contribution in [0.3, 0.4) is 0 Å². The highest BCUT2D eigenvalue weighted by molar-refractivity contribution is 5.74. The fraction of sp³-hybridized carbons (Fsp3) is 0.474. The average molecular weight is 340 g/mol. The van der Waals surface area contributed by atoms with Crippen LogP contribution < -0.4 is 5.32 Å². The van der Waals surface area contributed by atoms with Gasteiger partial charge in [0.15, 0.2) is 0 Å². The summed E-state index contributed by atoms with van der Waals surface area (Å²) in [7, 11) is 0. The number of rotatable bonds is 3. The number of amides is 2. The zero-order valence-corrected chi connectivity index (χ0v) is 14.3. The summed E-state index contributed by atoms with van der Waals surface area (Å²) in [5.41, 5.74) is 3.32. The summed E-state index contributed by atoms with van der Waals surface area (Å²) in [4.78, 5) is 14.3. The number of aromatic nitrogens is 2. The van der Waals surface area contributed by atoms with Crippen LogP contribution in [0.5, 0.6) is 0 Å². The van der Waals surface area contributed by atoms with Crippen molar-refractivity contribution in [2.24, 2.45) is 0 Å². The first-order valence-corrected chi connectivity index (χ1v) is 9.00. The molecular formula is C19H24N4O2. The van der Waals surface area contributed by atoms with Gasteiger partial charge in [-0.15, -0.1) is 0 Å². The minimum Gasteiger partial charge on any atom is -0.368 e. The number of fused-ring (bicyclic) bond motifs is 2. The Labute approximate surface area is 147 Å². The maximum Gasteiger partial charge on any atom is 0.317 e. The molecule has 2 amide bonds. The van der Waals surface area contributed by atoms with Crippen LogP contribution in [0.1, 0.15) is 29.7 Å². The van der Waals surface area contributed by atoms with Gasteiger partial charge < -0.3 is 15.0 Å². The molecule has 2 N–H and O–H groups in total. The Hall–Kier alpha value is -2.34. The summed E-state index contributed by atoms with van der Waals surface area (Å²) in [6, 6.07) is 10.2. The Kier molecular flexibility index (Phi) is 4.44. The van der Waals surface area contributed by atoms with Gasteiger partial charge in [0, 0.05) is 19.6 Å². The van der Waals surface area contributed by atoms with E-state index >= 15 is 0 Å². The number of ether oxygens (including phenoxy) is 1. The number of H-pyrrole nitrogens is 1. The van der Waals surface area contributed by atoms with Crippen LogP contribution >= 0.6 is 0 Å². The lowest BCUT2D eigenvalue weighted by Gasteiger charge is -2.43. The van der Waals surface area contributed by atoms with Crippen LogP contribution in [0, 0.1) is 0 Å². The number of likely N-dealkylation sites (tertiary alicyclic amines) is 1. The third-order valence-corrected chi connectivity index (χ3v) is 5.31. The minimum absolute atomic E-state index is 0.0198. The van der Waals surface area contributed by atoms with Gasteiger partial charge in [-0.05, 0) is 36.8 Å². The summed E-state index contributed by atoms with van der Waals surface area (Å²) in [6.07, 6.45) is 5.30. The van der Waals surface area contributed by atoms with Gasteiger partial charge in [0.1, 0.15) is 5.60 Å². The van der Waals surface area contributed by atoms with Gasteiger partial charge in [-0.3, -0.25) is 5.10 Å². The van der Waals surface area contributed by atoms with Gasteiger partial charge in [-0.25, -0.2) is 4.79 Å². The number of benzene rings is 1. The van der Waals surface area contributed by atoms with E-state index in [0.29, 0.717) is 19.6 Å². The molecule has 0 unspecified atom stereocenters. The van der Waals surface area contributed by atoms with Crippen molar-refractivity contribution in [3.8, 4) is 0 Å². The predicted octanol–water partition coefficient (Wildman–Crippen LogP) is 2.23. The Morgan fingerprint density at radius 1 is 1.28 bits per heavy atom. The highest BCUT2D eigenvalue weighted by Gasteiger charge is 2.43. The van der Waals surface area contributed by atoms with Crippen LogP contribution in [0.15, 0.2) is 36.5 Å². The van der Waals surface area contributed by atoms with E-state index in [2.05, 4.69) is 27.6 Å². The molecule has 6 nitrogen and oxygen atoms in total. The molecule has 25 heavy (non-hydrogen) atoms. The van der Waals surface area contributed by atoms with Crippen LogP contribution in [-0.2, 0) is 23.2 Å². The van der Waals surface area contributed by atoms with Gasteiger partial charge in [-0.2, -0.15) is 5.10 Å². The zero-order chi connectivity index (χ0) is 17.1. The van der Waals surface area contributed by atoms with Gasteiger partial charge in [-0.1, -0.05) is 30.3 Å². The number of aromatic amines is 1. The van der Waals surface area contributed by atoms with E-state index < -0.39 is 0 Å². The lowest BCUT2D eigenvalue weighted by molar-refractivity contribution is -0.0953. The minimum atomic E-state index is -0.287. The highest BCUT2D eigenvalue weighted by atomic mass is 16.5. The second-order valence-electron chi connectivity index (χ2n) is 6.82. The lowest BCUT2D eigenvalue weighted by atomic mass is 9.84. The monoisotopic (exact) mass is 340 g/mol. The van der Waals surface area contributed by atoms with Gasteiger partial charge in [0.2, 0.25) is 0 Å². The van der Waals surface area contributed by atoms with Gasteiger partial charge >= 0.3 is 6.03 Å². The molecular weight excluding hydrogens is 316 g/mol. The topological polar surface area (TPSA) is 70.2 Å². The van der Waals surface area contributed by atoms with Crippen LogP contribution in [0.4, 0.5) is 4.79 Å². The molecule has 4 rings (SSSR count). The van der Waals surface area contributed by atoms with Crippen molar-refractivity contribution in [2.45, 2.75) is 31.3 Å². The molecule has 0 saturated carbocycles. The number of carbonyl (C=O) groups excluding carboxylic acids is 1. The van der Waals surface area contributed by atoms with Crippen molar-refractivity contribution in [1.29, 1.82) is 0 Å². The van der Waals surface area contributed by atoms with E-state index in [4.69, 9.17) is 4.74 Å². The first kappa shape index (κ1) is 16.1. The van der Waals surface area contributed by atoms with Crippen molar-refractivity contribution in [3.63, 3.8) is 0 Å². The molecule has 0 atom stereocenters. The molecule has 3 heterocycles. The number of nitrogens with one attached hydrogen (secondary N) is 2. The van der Waals surface area contributed by atoms with E-state index in [1.807, 2.05) is 29.3 Å². The fourth-order valence-electron chi connectivity index (χ4n) is 3.86. The summed E-state index contributed by atoms with van der Waals surface area (Å²) in [5.74, 6) is 0. The highest BCUT2D eigenvalue weighted by Crippen LogP contribution is 2.40. The first-order valence-electron chi connectivity index (χ1n) is 9.00. The lowest BCUT2D eigenvalue weighted by Crippen LogP contribution is -2.51. The Balaban J connectivity index is 1.30. The van der Waals surface area contributed by atoms with Crippen molar-refractivity contribution in [1.82, 2.24) is 20.4 Å². The Bertz CT molecular complexity index is 720. The van der Waals surface area contributed by atoms with E-state index in [1.54, 1.807) is 0 Å². The van der Waals surface area contributed by atoms with Crippen molar-refractivity contribution < 1.29 is 9.53 Å². The third kappa shape index (κ3) is 3.26. The van der Waals surface area contributed by atoms with E-state index in [1.165, 1.54) is 11.1 Å². The Morgan fingerprint density at radius 2 is 2.08 bits per heavy atom. The first-order chi connectivity index (χ1) is 12.3. The molecule has 0 aliphatic carbocycles. The van der Waals surface area contributed by atoms with E-state index in [-0.39, 0.29) is 11.6 Å². The number of urea groups is 1. The third-order valence-electron chi connectivity index (χ3n) is 5.31. The standard InChI is InChI=1S/C19H24N4O2/c24-18(20-10-6-15-4-2-1-3-5-15)23-11-8-19(9-12-23)17-16(7-13-25-19)14-21-22-17/h1-5,14H,6-13H2,(H,20,24)(H,21,22). The number of hydrogen-bond acceptors (Lipinski definition) is 3. The Morgan fingerprint density at radius 3 is 2.88 bits per heavy atom. The molecule has 2 aliphatic heterocycles. The molecule has 0 bridgehead atoms. The summed E-state index contributed by atoms with van der Waals surface area (Å²) in [5, 5.41) is 10.3. The van der Waals surface area contributed by atoms with E-state index in [9.17, 15) is 4.79 Å². The van der Waals surface area contributed by atoms with Crippen LogP contribution in [0.25, 0.3) is 0 Å². The molecule has 6 heteroatoms. The zero-order valence-electron chi connectivity index (χ0n) is 14.3. The van der Waals surface area contributed by atoms with Gasteiger partial charge in [0.05, 0.1) is 18.5 Å². The molecule has 1 spiro atoms. The van der Waals surface area contributed by atoms with Crippen molar-refractivity contribution in [3.05, 3.63) is 53.3 Å². The van der Waals surface area contributed by atoms with Crippen molar-refractivity contribution in [2.75, 3.05) is 26.2 Å². The van der Waals surface area contributed by atoms with Crippen molar-refractivity contribution >= 4 is 6.03 Å². The van der Waals surface area contributed by atoms with Crippen LogP contribution in [-0.4, -0.2) is 47.4 Å². The number of nitrogens with zero attached hydrogens (tertiary/aromatic N) is 2. The second kappa shape index (κ2) is 6.88. The largest absolute Gasteiger partial charge is 0.368 e. The number of piperidine rings is 1. The molecule has 132 valence electrons. The molecule has 1 fully saturated rings. The smallest absolute Gasteiger partial charge is 0.317 e.